The maximum Gasteiger partial charge on any atom is 0.324 e. The van der Waals surface area contributed by atoms with Crippen LogP contribution >= 0.6 is 11.8 Å². The van der Waals surface area contributed by atoms with E-state index in [1.807, 2.05) is 24.3 Å². The molecule has 1 aromatic rings. The summed E-state index contributed by atoms with van der Waals surface area (Å²) in [6.45, 7) is 6.72. The SMILES string of the molecule is C=CCOc1ccccc1OCC1NC(C(=O)OCC)CS1. The smallest absolute Gasteiger partial charge is 0.324 e. The van der Waals surface area contributed by atoms with Crippen molar-refractivity contribution < 1.29 is 19.0 Å². The molecule has 1 heterocycles. The van der Waals surface area contributed by atoms with Gasteiger partial charge >= 0.3 is 5.97 Å². The van der Waals surface area contributed by atoms with Crippen LogP contribution in [0.1, 0.15) is 6.92 Å². The molecule has 1 N–H and O–H groups in total. The summed E-state index contributed by atoms with van der Waals surface area (Å²) in [5, 5.41) is 3.27. The molecular weight excluding hydrogens is 302 g/mol. The normalized spacial score (nSPS) is 20.4. The third-order valence-corrected chi connectivity index (χ3v) is 4.22. The monoisotopic (exact) mass is 323 g/mol. The predicted molar refractivity (Wildman–Crippen MR) is 87.4 cm³/mol. The zero-order chi connectivity index (χ0) is 15.8. The Morgan fingerprint density at radius 2 is 2.14 bits per heavy atom. The minimum Gasteiger partial charge on any atom is -0.487 e. The number of benzene rings is 1. The van der Waals surface area contributed by atoms with Gasteiger partial charge in [0, 0.05) is 5.75 Å². The van der Waals surface area contributed by atoms with Crippen molar-refractivity contribution in [2.75, 3.05) is 25.6 Å². The molecule has 0 bridgehead atoms. The molecule has 0 aromatic heterocycles. The first-order chi connectivity index (χ1) is 10.7. The van der Waals surface area contributed by atoms with Crippen LogP contribution in [-0.2, 0) is 9.53 Å². The van der Waals surface area contributed by atoms with Crippen LogP contribution in [0.3, 0.4) is 0 Å². The van der Waals surface area contributed by atoms with Crippen molar-refractivity contribution in [2.45, 2.75) is 18.3 Å². The van der Waals surface area contributed by atoms with Crippen molar-refractivity contribution in [2.24, 2.45) is 0 Å². The Morgan fingerprint density at radius 1 is 1.41 bits per heavy atom. The highest BCUT2D eigenvalue weighted by atomic mass is 32.2. The van der Waals surface area contributed by atoms with Gasteiger partial charge in [-0.05, 0) is 19.1 Å². The van der Waals surface area contributed by atoms with E-state index in [0.29, 0.717) is 37.1 Å². The Morgan fingerprint density at radius 3 is 2.82 bits per heavy atom. The lowest BCUT2D eigenvalue weighted by Crippen LogP contribution is -2.39. The first kappa shape index (κ1) is 16.7. The van der Waals surface area contributed by atoms with E-state index >= 15 is 0 Å². The molecule has 0 spiro atoms. The van der Waals surface area contributed by atoms with E-state index in [-0.39, 0.29) is 17.4 Å². The highest BCUT2D eigenvalue weighted by molar-refractivity contribution is 8.00. The van der Waals surface area contributed by atoms with E-state index < -0.39 is 0 Å². The number of nitrogens with one attached hydrogen (secondary N) is 1. The zero-order valence-electron chi connectivity index (χ0n) is 12.6. The molecular formula is C16H21NO4S. The summed E-state index contributed by atoms with van der Waals surface area (Å²) >= 11 is 1.65. The molecule has 1 saturated heterocycles. The summed E-state index contributed by atoms with van der Waals surface area (Å²) in [7, 11) is 0. The van der Waals surface area contributed by atoms with Crippen LogP contribution in [-0.4, -0.2) is 43.0 Å². The lowest BCUT2D eigenvalue weighted by molar-refractivity contribution is -0.144. The maximum absolute atomic E-state index is 11.7. The molecule has 1 aliphatic rings. The molecule has 1 aliphatic heterocycles. The summed E-state index contributed by atoms with van der Waals surface area (Å²) in [6, 6.07) is 7.25. The Kier molecular flexibility index (Phi) is 6.61. The van der Waals surface area contributed by atoms with Gasteiger partial charge in [-0.1, -0.05) is 24.8 Å². The fourth-order valence-corrected chi connectivity index (χ4v) is 3.09. The lowest BCUT2D eigenvalue weighted by atomic mass is 10.3. The summed E-state index contributed by atoms with van der Waals surface area (Å²) < 4.78 is 16.4. The van der Waals surface area contributed by atoms with Crippen LogP contribution in [0.2, 0.25) is 0 Å². The molecule has 5 nitrogen and oxygen atoms in total. The molecule has 0 amide bonds. The van der Waals surface area contributed by atoms with Gasteiger partial charge in [0.1, 0.15) is 19.3 Å². The Bertz CT molecular complexity index is 509. The van der Waals surface area contributed by atoms with E-state index in [4.69, 9.17) is 14.2 Å². The average molecular weight is 323 g/mol. The van der Waals surface area contributed by atoms with Crippen LogP contribution in [0.5, 0.6) is 11.5 Å². The van der Waals surface area contributed by atoms with Crippen LogP contribution in [0.25, 0.3) is 0 Å². The number of para-hydroxylation sites is 2. The van der Waals surface area contributed by atoms with Crippen molar-refractivity contribution in [3.63, 3.8) is 0 Å². The van der Waals surface area contributed by atoms with Gasteiger partial charge in [-0.3, -0.25) is 10.1 Å². The van der Waals surface area contributed by atoms with Crippen molar-refractivity contribution >= 4 is 17.7 Å². The van der Waals surface area contributed by atoms with Crippen molar-refractivity contribution in [3.8, 4) is 11.5 Å². The molecule has 0 aliphatic carbocycles. The summed E-state index contributed by atoms with van der Waals surface area (Å²) in [5.41, 5.74) is 0. The molecule has 1 aromatic carbocycles. The number of carbonyl (C=O) groups is 1. The number of hydrogen-bond donors (Lipinski definition) is 1. The van der Waals surface area contributed by atoms with E-state index in [2.05, 4.69) is 11.9 Å². The average Bonchev–Trinajstić information content (AvgIpc) is 3.01. The molecule has 120 valence electrons. The van der Waals surface area contributed by atoms with Crippen LogP contribution in [0.4, 0.5) is 0 Å². The van der Waals surface area contributed by atoms with Crippen molar-refractivity contribution in [3.05, 3.63) is 36.9 Å². The third kappa shape index (κ3) is 4.68. The molecule has 0 saturated carbocycles. The predicted octanol–water partition coefficient (Wildman–Crippen LogP) is 2.22. The number of thioether (sulfide) groups is 1. The van der Waals surface area contributed by atoms with Crippen molar-refractivity contribution in [1.82, 2.24) is 5.32 Å². The van der Waals surface area contributed by atoms with E-state index in [1.54, 1.807) is 24.8 Å². The number of esters is 1. The molecule has 2 atom stereocenters. The largest absolute Gasteiger partial charge is 0.487 e. The van der Waals surface area contributed by atoms with Crippen molar-refractivity contribution in [1.29, 1.82) is 0 Å². The minimum atomic E-state index is -0.259. The van der Waals surface area contributed by atoms with Gasteiger partial charge in [-0.25, -0.2) is 0 Å². The van der Waals surface area contributed by atoms with Crippen LogP contribution in [0, 0.1) is 0 Å². The molecule has 22 heavy (non-hydrogen) atoms. The van der Waals surface area contributed by atoms with Gasteiger partial charge in [-0.15, -0.1) is 11.8 Å². The first-order valence-corrected chi connectivity index (χ1v) is 8.29. The van der Waals surface area contributed by atoms with E-state index in [1.165, 1.54) is 0 Å². The second kappa shape index (κ2) is 8.70. The fourth-order valence-electron chi connectivity index (χ4n) is 2.01. The zero-order valence-corrected chi connectivity index (χ0v) is 13.4. The topological polar surface area (TPSA) is 56.8 Å². The molecule has 0 radical (unpaired) electrons. The summed E-state index contributed by atoms with van der Waals surface area (Å²) in [6.07, 6.45) is 1.69. The number of ether oxygens (including phenoxy) is 3. The Hall–Kier alpha value is -1.66. The highest BCUT2D eigenvalue weighted by Crippen LogP contribution is 2.28. The Balaban J connectivity index is 1.84. The van der Waals surface area contributed by atoms with Crippen LogP contribution < -0.4 is 14.8 Å². The van der Waals surface area contributed by atoms with Gasteiger partial charge < -0.3 is 14.2 Å². The molecule has 2 unspecified atom stereocenters. The van der Waals surface area contributed by atoms with E-state index in [0.717, 1.165) is 0 Å². The van der Waals surface area contributed by atoms with Gasteiger partial charge in [0.05, 0.1) is 12.0 Å². The number of hydrogen-bond acceptors (Lipinski definition) is 6. The van der Waals surface area contributed by atoms with Gasteiger partial charge in [0.15, 0.2) is 11.5 Å². The van der Waals surface area contributed by atoms with E-state index in [9.17, 15) is 4.79 Å². The standard InChI is InChI=1S/C16H21NO4S/c1-3-9-20-13-7-5-6-8-14(13)21-10-15-17-12(11-22-15)16(18)19-4-2/h3,5-8,12,15,17H,1,4,9-11H2,2H3. The number of rotatable bonds is 8. The summed E-state index contributed by atoms with van der Waals surface area (Å²) in [5.74, 6) is 1.87. The molecule has 1 fully saturated rings. The van der Waals surface area contributed by atoms with Crippen LogP contribution in [0.15, 0.2) is 36.9 Å². The maximum atomic E-state index is 11.7. The van der Waals surface area contributed by atoms with Gasteiger partial charge in [0.25, 0.3) is 0 Å². The Labute approximate surface area is 135 Å². The third-order valence-electron chi connectivity index (χ3n) is 3.02. The quantitative estimate of drug-likeness (QED) is 0.585. The fraction of sp³-hybridized carbons (Fsp3) is 0.438. The molecule has 2 rings (SSSR count). The highest BCUT2D eigenvalue weighted by Gasteiger charge is 2.31. The van der Waals surface area contributed by atoms with Gasteiger partial charge in [-0.2, -0.15) is 0 Å². The second-order valence-corrected chi connectivity index (χ2v) is 5.89. The summed E-state index contributed by atoms with van der Waals surface area (Å²) in [4.78, 5) is 11.7. The lowest BCUT2D eigenvalue weighted by Gasteiger charge is -2.15. The number of carbonyl (C=O) groups excluding carboxylic acids is 1. The molecule has 6 heteroatoms. The second-order valence-electron chi connectivity index (χ2n) is 4.65. The van der Waals surface area contributed by atoms with Gasteiger partial charge in [0.2, 0.25) is 0 Å². The minimum absolute atomic E-state index is 0.0573. The first-order valence-electron chi connectivity index (χ1n) is 7.24.